The summed E-state index contributed by atoms with van der Waals surface area (Å²) in [5.74, 6) is 0.264. The molecule has 1 aliphatic carbocycles. The zero-order valence-electron chi connectivity index (χ0n) is 17.6. The van der Waals surface area contributed by atoms with Crippen molar-refractivity contribution in [2.24, 2.45) is 0 Å². The number of carbonyl (C=O) groups is 1. The molecule has 0 spiro atoms. The molecule has 2 fully saturated rings. The number of likely N-dealkylation sites (N-methyl/N-ethyl adjacent to an activating group) is 1. The summed E-state index contributed by atoms with van der Waals surface area (Å²) in [5.41, 5.74) is 3.36. The standard InChI is InChI=1S/C24H25N5OS/c1-24(20-12-18(14-31-20)19-13-26-10-11-27-19)21(22(30)29(2)23(25)28-24)17-8-6-16(7-9-17)15-4-3-5-15/h6-15,21H,3-5H2,1-2H3,(H2,25,28)/t21?,24-/m1/s1. The minimum absolute atomic E-state index is 0.0721. The Morgan fingerprint density at radius 3 is 2.58 bits per heavy atom. The maximum absolute atomic E-state index is 13.4. The van der Waals surface area contributed by atoms with E-state index in [2.05, 4.69) is 45.6 Å². The van der Waals surface area contributed by atoms with Crippen LogP contribution in [0.4, 0.5) is 0 Å². The Bertz CT molecular complexity index is 1120. The Kier molecular flexibility index (Phi) is 4.85. The van der Waals surface area contributed by atoms with Crippen LogP contribution in [0.15, 0.2) is 54.3 Å². The van der Waals surface area contributed by atoms with Gasteiger partial charge in [0.2, 0.25) is 5.91 Å². The predicted molar refractivity (Wildman–Crippen MR) is 122 cm³/mol. The maximum atomic E-state index is 13.4. The summed E-state index contributed by atoms with van der Waals surface area (Å²) >= 11 is 1.58. The van der Waals surface area contributed by atoms with Crippen molar-refractivity contribution in [1.29, 1.82) is 5.41 Å². The number of nitrogens with zero attached hydrogens (tertiary/aromatic N) is 3. The first-order chi connectivity index (χ1) is 15.0. The number of rotatable bonds is 4. The minimum Gasteiger partial charge on any atom is -0.345 e. The molecule has 31 heavy (non-hydrogen) atoms. The van der Waals surface area contributed by atoms with Crippen LogP contribution >= 0.6 is 11.3 Å². The Labute approximate surface area is 185 Å². The molecular formula is C24H25N5OS. The molecule has 5 rings (SSSR count). The average molecular weight is 432 g/mol. The summed E-state index contributed by atoms with van der Waals surface area (Å²) in [5, 5.41) is 13.7. The van der Waals surface area contributed by atoms with Crippen LogP contribution in [0.2, 0.25) is 0 Å². The molecule has 1 saturated heterocycles. The van der Waals surface area contributed by atoms with Crippen LogP contribution in [0.25, 0.3) is 11.3 Å². The molecular weight excluding hydrogens is 406 g/mol. The molecule has 0 bridgehead atoms. The molecule has 7 heteroatoms. The second kappa shape index (κ2) is 7.57. The molecule has 1 aliphatic heterocycles. The van der Waals surface area contributed by atoms with Gasteiger partial charge in [-0.3, -0.25) is 25.1 Å². The number of aromatic nitrogens is 2. The van der Waals surface area contributed by atoms with Crippen molar-refractivity contribution >= 4 is 23.2 Å². The fourth-order valence-electron chi connectivity index (χ4n) is 4.53. The highest BCUT2D eigenvalue weighted by atomic mass is 32.1. The summed E-state index contributed by atoms with van der Waals surface area (Å²) in [6, 6.07) is 10.6. The lowest BCUT2D eigenvalue weighted by molar-refractivity contribution is -0.131. The summed E-state index contributed by atoms with van der Waals surface area (Å²) in [7, 11) is 1.66. The van der Waals surface area contributed by atoms with E-state index in [1.807, 2.05) is 12.3 Å². The maximum Gasteiger partial charge on any atom is 0.239 e. The van der Waals surface area contributed by atoms with Gasteiger partial charge in [0.15, 0.2) is 5.96 Å². The van der Waals surface area contributed by atoms with Gasteiger partial charge in [-0.15, -0.1) is 11.3 Å². The summed E-state index contributed by atoms with van der Waals surface area (Å²) in [6.45, 7) is 2.02. The number of carbonyl (C=O) groups excluding carboxylic acids is 1. The molecule has 0 radical (unpaired) electrons. The quantitative estimate of drug-likeness (QED) is 0.639. The topological polar surface area (TPSA) is 82.0 Å². The van der Waals surface area contributed by atoms with Crippen LogP contribution < -0.4 is 5.32 Å². The van der Waals surface area contributed by atoms with Gasteiger partial charge in [0.1, 0.15) is 0 Å². The largest absolute Gasteiger partial charge is 0.345 e. The van der Waals surface area contributed by atoms with Crippen LogP contribution in [-0.2, 0) is 10.3 Å². The molecule has 2 aromatic heterocycles. The monoisotopic (exact) mass is 431 g/mol. The molecule has 2 N–H and O–H groups in total. The van der Waals surface area contributed by atoms with Crippen molar-refractivity contribution < 1.29 is 4.79 Å². The third-order valence-electron chi connectivity index (χ3n) is 6.68. The Hall–Kier alpha value is -3.06. The van der Waals surface area contributed by atoms with E-state index in [9.17, 15) is 4.79 Å². The van der Waals surface area contributed by atoms with Crippen molar-refractivity contribution in [3.8, 4) is 11.3 Å². The van der Waals surface area contributed by atoms with Gasteiger partial charge in [0.05, 0.1) is 23.3 Å². The van der Waals surface area contributed by atoms with Crippen molar-refractivity contribution in [3.05, 3.63) is 70.3 Å². The molecule has 2 aliphatic rings. The van der Waals surface area contributed by atoms with Gasteiger partial charge < -0.3 is 5.32 Å². The first-order valence-electron chi connectivity index (χ1n) is 10.6. The first kappa shape index (κ1) is 19.9. The molecule has 3 aromatic rings. The second-order valence-corrected chi connectivity index (χ2v) is 9.50. The van der Waals surface area contributed by atoms with Gasteiger partial charge in [-0.2, -0.15) is 0 Å². The van der Waals surface area contributed by atoms with Crippen LogP contribution in [0.3, 0.4) is 0 Å². The fourth-order valence-corrected chi connectivity index (χ4v) is 5.58. The van der Waals surface area contributed by atoms with E-state index in [1.165, 1.54) is 29.7 Å². The highest BCUT2D eigenvalue weighted by Gasteiger charge is 2.49. The summed E-state index contributed by atoms with van der Waals surface area (Å²) in [6.07, 6.45) is 8.87. The van der Waals surface area contributed by atoms with Crippen molar-refractivity contribution in [2.45, 2.75) is 43.6 Å². The molecule has 1 amide bonds. The van der Waals surface area contributed by atoms with E-state index in [0.717, 1.165) is 21.7 Å². The second-order valence-electron chi connectivity index (χ2n) is 8.59. The number of benzene rings is 1. The molecule has 1 aromatic carbocycles. The minimum atomic E-state index is -0.732. The summed E-state index contributed by atoms with van der Waals surface area (Å²) in [4.78, 5) is 24.4. The van der Waals surface area contributed by atoms with Gasteiger partial charge in [0, 0.05) is 35.3 Å². The van der Waals surface area contributed by atoms with Gasteiger partial charge in [-0.1, -0.05) is 30.7 Å². The van der Waals surface area contributed by atoms with E-state index in [0.29, 0.717) is 5.92 Å². The number of amides is 1. The van der Waals surface area contributed by atoms with Gasteiger partial charge >= 0.3 is 0 Å². The average Bonchev–Trinajstić information content (AvgIpc) is 3.24. The fraction of sp³-hybridized carbons (Fsp3) is 0.333. The third kappa shape index (κ3) is 3.33. The lowest BCUT2D eigenvalue weighted by atomic mass is 9.75. The number of hydrogen-bond donors (Lipinski definition) is 2. The lowest BCUT2D eigenvalue weighted by Crippen LogP contribution is -2.62. The van der Waals surface area contributed by atoms with Gasteiger partial charge in [-0.05, 0) is 42.9 Å². The Morgan fingerprint density at radius 2 is 1.94 bits per heavy atom. The molecule has 158 valence electrons. The molecule has 6 nitrogen and oxygen atoms in total. The van der Waals surface area contributed by atoms with E-state index in [1.54, 1.807) is 37.0 Å². The molecule has 1 saturated carbocycles. The van der Waals surface area contributed by atoms with Crippen LogP contribution in [0.5, 0.6) is 0 Å². The van der Waals surface area contributed by atoms with Crippen LogP contribution in [0, 0.1) is 5.41 Å². The molecule has 1 unspecified atom stereocenters. The van der Waals surface area contributed by atoms with Gasteiger partial charge in [0.25, 0.3) is 0 Å². The van der Waals surface area contributed by atoms with E-state index in [-0.39, 0.29) is 11.9 Å². The third-order valence-corrected chi connectivity index (χ3v) is 7.85. The summed E-state index contributed by atoms with van der Waals surface area (Å²) < 4.78 is 0. The Balaban J connectivity index is 1.55. The highest BCUT2D eigenvalue weighted by Crippen LogP contribution is 2.45. The van der Waals surface area contributed by atoms with Crippen LogP contribution in [-0.4, -0.2) is 33.8 Å². The molecule has 3 heterocycles. The van der Waals surface area contributed by atoms with Crippen molar-refractivity contribution in [3.63, 3.8) is 0 Å². The smallest absolute Gasteiger partial charge is 0.239 e. The van der Waals surface area contributed by atoms with Crippen molar-refractivity contribution in [1.82, 2.24) is 20.2 Å². The van der Waals surface area contributed by atoms with Crippen LogP contribution in [0.1, 0.15) is 54.0 Å². The number of guanidine groups is 1. The molecule has 2 atom stereocenters. The zero-order valence-corrected chi connectivity index (χ0v) is 18.4. The highest BCUT2D eigenvalue weighted by molar-refractivity contribution is 7.10. The van der Waals surface area contributed by atoms with E-state index >= 15 is 0 Å². The normalized spacial score (nSPS) is 24.1. The zero-order chi connectivity index (χ0) is 21.6. The number of hydrogen-bond acceptors (Lipinski definition) is 5. The lowest BCUT2D eigenvalue weighted by Gasteiger charge is -2.45. The first-order valence-corrected chi connectivity index (χ1v) is 11.4. The van der Waals surface area contributed by atoms with E-state index in [4.69, 9.17) is 5.41 Å². The van der Waals surface area contributed by atoms with E-state index < -0.39 is 11.5 Å². The number of nitrogens with one attached hydrogen (secondary N) is 2. The predicted octanol–water partition coefficient (Wildman–Crippen LogP) is 4.47. The SMILES string of the molecule is CN1C(=N)N[C@](C)(c2cc(-c3cnccn3)cs2)C(c2ccc(C3CCC3)cc2)C1=O. The number of thiophene rings is 1. The van der Waals surface area contributed by atoms with Gasteiger partial charge in [-0.25, -0.2) is 0 Å². The van der Waals surface area contributed by atoms with Crippen molar-refractivity contribution in [2.75, 3.05) is 7.05 Å². The Morgan fingerprint density at radius 1 is 1.19 bits per heavy atom.